The van der Waals surface area contributed by atoms with Gasteiger partial charge in [0, 0.05) is 6.54 Å². The van der Waals surface area contributed by atoms with Gasteiger partial charge in [0.05, 0.1) is 6.66 Å². The summed E-state index contributed by atoms with van der Waals surface area (Å²) in [6, 6.07) is 8.79. The Morgan fingerprint density at radius 3 is 2.44 bits per heavy atom. The van der Waals surface area contributed by atoms with E-state index in [2.05, 4.69) is 0 Å². The summed E-state index contributed by atoms with van der Waals surface area (Å²) in [5, 5.41) is 0. The molecule has 6 nitrogen and oxygen atoms in total. The average molecular weight is 367 g/mol. The van der Waals surface area contributed by atoms with E-state index in [-0.39, 0.29) is 11.8 Å². The first-order valence-electron chi connectivity index (χ1n) is 8.28. The summed E-state index contributed by atoms with van der Waals surface area (Å²) < 4.78 is 29.2. The Balaban J connectivity index is 2.14. The summed E-state index contributed by atoms with van der Waals surface area (Å²) in [4.78, 5) is 13.8. The van der Waals surface area contributed by atoms with Gasteiger partial charge in [-0.15, -0.1) is 0 Å². The number of hydrogen-bond acceptors (Lipinski definition) is 5. The molecule has 2 rings (SSSR count). The van der Waals surface area contributed by atoms with Crippen molar-refractivity contribution in [2.75, 3.05) is 13.2 Å². The fourth-order valence-electron chi connectivity index (χ4n) is 2.32. The molecule has 0 aliphatic carbocycles. The number of amides is 1. The third kappa shape index (κ3) is 6.13. The van der Waals surface area contributed by atoms with Crippen molar-refractivity contribution in [3.05, 3.63) is 42.3 Å². The van der Waals surface area contributed by atoms with Gasteiger partial charge in [-0.1, -0.05) is 25.1 Å². The number of benzene rings is 1. The number of carbonyl (C=O) groups is 1. The van der Waals surface area contributed by atoms with Gasteiger partial charge >= 0.3 is 13.7 Å². The zero-order valence-corrected chi connectivity index (χ0v) is 16.3. The molecule has 1 heterocycles. The van der Waals surface area contributed by atoms with Crippen LogP contribution in [0.3, 0.4) is 0 Å². The minimum atomic E-state index is -3.45. The Labute approximate surface area is 149 Å². The van der Waals surface area contributed by atoms with Crippen LogP contribution in [0, 0.1) is 5.92 Å². The number of nitrogens with zero attached hydrogens (tertiary/aromatic N) is 1. The molecule has 0 aromatic heterocycles. The predicted octanol–water partition coefficient (Wildman–Crippen LogP) is 5.02. The fraction of sp³-hybridized carbons (Fsp3) is 0.500. The Morgan fingerprint density at radius 1 is 1.20 bits per heavy atom. The van der Waals surface area contributed by atoms with Gasteiger partial charge in [-0.2, -0.15) is 0 Å². The molecule has 1 aliphatic rings. The quantitative estimate of drug-likeness (QED) is 0.699. The van der Waals surface area contributed by atoms with Gasteiger partial charge in [0.25, 0.3) is 0 Å². The molecule has 0 radical (unpaired) electrons. The fourth-order valence-corrected chi connectivity index (χ4v) is 3.37. The maximum atomic E-state index is 12.7. The highest BCUT2D eigenvalue weighted by Gasteiger charge is 2.33. The summed E-state index contributed by atoms with van der Waals surface area (Å²) in [6.07, 6.45) is 1.95. The second-order valence-corrected chi connectivity index (χ2v) is 9.15. The molecule has 0 spiro atoms. The van der Waals surface area contributed by atoms with Crippen molar-refractivity contribution in [1.29, 1.82) is 0 Å². The zero-order valence-electron chi connectivity index (χ0n) is 15.4. The minimum absolute atomic E-state index is 0.217. The molecule has 2 atom stereocenters. The number of rotatable bonds is 4. The monoisotopic (exact) mass is 367 g/mol. The Bertz CT molecular complexity index is 680. The van der Waals surface area contributed by atoms with E-state index in [0.29, 0.717) is 12.3 Å². The largest absolute Gasteiger partial charge is 0.443 e. The molecule has 2 unspecified atom stereocenters. The topological polar surface area (TPSA) is 65.1 Å². The summed E-state index contributed by atoms with van der Waals surface area (Å²) in [5.41, 5.74) is -0.626. The summed E-state index contributed by atoms with van der Waals surface area (Å²) in [5.74, 6) is 0.919. The Hall–Kier alpha value is -1.94. The molecule has 0 saturated carbocycles. The smallest absolute Gasteiger partial charge is 0.428 e. The molecule has 1 aliphatic heterocycles. The molecule has 1 aromatic rings. The number of para-hydroxylation sites is 1. The van der Waals surface area contributed by atoms with Gasteiger partial charge in [0.1, 0.15) is 11.4 Å². The van der Waals surface area contributed by atoms with E-state index in [1.165, 1.54) is 11.6 Å². The van der Waals surface area contributed by atoms with Crippen LogP contribution in [0.5, 0.6) is 5.75 Å². The van der Waals surface area contributed by atoms with Crippen LogP contribution in [0.25, 0.3) is 0 Å². The third-order valence-corrected chi connectivity index (χ3v) is 4.40. The molecule has 0 N–H and O–H groups in total. The zero-order chi connectivity index (χ0) is 18.7. The van der Waals surface area contributed by atoms with Crippen LogP contribution >= 0.6 is 7.60 Å². The van der Waals surface area contributed by atoms with E-state index in [4.69, 9.17) is 13.8 Å². The number of allylic oxidation sites excluding steroid dienone is 1. The van der Waals surface area contributed by atoms with E-state index in [9.17, 15) is 9.36 Å². The van der Waals surface area contributed by atoms with Gasteiger partial charge < -0.3 is 13.8 Å². The molecule has 138 valence electrons. The normalized spacial score (nSPS) is 20.3. The van der Waals surface area contributed by atoms with Crippen molar-refractivity contribution in [2.45, 2.75) is 39.7 Å². The van der Waals surface area contributed by atoms with Gasteiger partial charge in [-0.3, -0.25) is 0 Å². The van der Waals surface area contributed by atoms with Gasteiger partial charge in [0.15, 0.2) is 0 Å². The van der Waals surface area contributed by atoms with Crippen molar-refractivity contribution in [1.82, 2.24) is 4.90 Å². The first-order chi connectivity index (χ1) is 11.6. The molecule has 0 fully saturated rings. The number of hydrogen-bond donors (Lipinski definition) is 0. The molecule has 25 heavy (non-hydrogen) atoms. The van der Waals surface area contributed by atoms with E-state index in [1.807, 2.05) is 13.0 Å². The standard InChI is InChI=1S/C18H26NO5P/c1-14-11-12-16(19(13-14)17(20)22-18(2,3)4)24-25(5,21)23-15-9-7-6-8-10-15/h6-10,12,14H,11,13H2,1-5H3. The highest BCUT2D eigenvalue weighted by atomic mass is 31.2. The van der Waals surface area contributed by atoms with Crippen LogP contribution < -0.4 is 4.52 Å². The first-order valence-corrected chi connectivity index (χ1v) is 10.3. The van der Waals surface area contributed by atoms with Crippen LogP contribution in [0.1, 0.15) is 34.1 Å². The van der Waals surface area contributed by atoms with Crippen LogP contribution in [-0.2, 0) is 13.8 Å². The van der Waals surface area contributed by atoms with Gasteiger partial charge in [0.2, 0.25) is 5.88 Å². The van der Waals surface area contributed by atoms with Crippen molar-refractivity contribution in [3.8, 4) is 5.75 Å². The first kappa shape index (κ1) is 19.4. The second kappa shape index (κ2) is 7.52. The van der Waals surface area contributed by atoms with Gasteiger partial charge in [-0.25, -0.2) is 14.3 Å². The lowest BCUT2D eigenvalue weighted by atomic mass is 10.0. The van der Waals surface area contributed by atoms with Crippen molar-refractivity contribution >= 4 is 13.7 Å². The Kier molecular flexibility index (Phi) is 5.83. The van der Waals surface area contributed by atoms with Crippen LogP contribution in [-0.4, -0.2) is 29.8 Å². The lowest BCUT2D eigenvalue weighted by molar-refractivity contribution is 0.0192. The molecule has 1 amide bonds. The lowest BCUT2D eigenvalue weighted by Crippen LogP contribution is -2.40. The molecule has 7 heteroatoms. The van der Waals surface area contributed by atoms with E-state index >= 15 is 0 Å². The number of ether oxygens (including phenoxy) is 1. The number of carbonyl (C=O) groups excluding carboxylic acids is 1. The van der Waals surface area contributed by atoms with Gasteiger partial charge in [-0.05, 0) is 51.3 Å². The third-order valence-electron chi connectivity index (χ3n) is 3.34. The molecular weight excluding hydrogens is 341 g/mol. The highest BCUT2D eigenvalue weighted by molar-refractivity contribution is 7.53. The van der Waals surface area contributed by atoms with E-state index < -0.39 is 19.3 Å². The average Bonchev–Trinajstić information content (AvgIpc) is 2.47. The van der Waals surface area contributed by atoms with Crippen molar-refractivity contribution in [2.24, 2.45) is 5.92 Å². The van der Waals surface area contributed by atoms with E-state index in [0.717, 1.165) is 6.42 Å². The summed E-state index contributed by atoms with van der Waals surface area (Å²) >= 11 is 0. The molecule has 0 bridgehead atoms. The van der Waals surface area contributed by atoms with Crippen molar-refractivity contribution in [3.63, 3.8) is 0 Å². The Morgan fingerprint density at radius 2 is 1.84 bits per heavy atom. The van der Waals surface area contributed by atoms with E-state index in [1.54, 1.807) is 51.1 Å². The molecule has 0 saturated heterocycles. The SMILES string of the molecule is CC1CC=C(OP(C)(=O)Oc2ccccc2)N(C(=O)OC(C)(C)C)C1. The highest BCUT2D eigenvalue weighted by Crippen LogP contribution is 2.47. The summed E-state index contributed by atoms with van der Waals surface area (Å²) in [6.45, 7) is 9.23. The molecular formula is C18H26NO5P. The maximum absolute atomic E-state index is 12.7. The maximum Gasteiger partial charge on any atom is 0.428 e. The second-order valence-electron chi connectivity index (χ2n) is 7.24. The van der Waals surface area contributed by atoms with Crippen LogP contribution in [0.4, 0.5) is 4.79 Å². The van der Waals surface area contributed by atoms with Crippen LogP contribution in [0.2, 0.25) is 0 Å². The minimum Gasteiger partial charge on any atom is -0.443 e. The summed E-state index contributed by atoms with van der Waals surface area (Å²) in [7, 11) is -3.45. The predicted molar refractivity (Wildman–Crippen MR) is 96.5 cm³/mol. The van der Waals surface area contributed by atoms with Crippen molar-refractivity contribution < 1.29 is 23.1 Å². The lowest BCUT2D eigenvalue weighted by Gasteiger charge is -2.33. The van der Waals surface area contributed by atoms with Crippen LogP contribution in [0.15, 0.2) is 42.3 Å². The molecule has 1 aromatic carbocycles.